The summed E-state index contributed by atoms with van der Waals surface area (Å²) in [6, 6.07) is 3.48. The van der Waals surface area contributed by atoms with Crippen molar-refractivity contribution in [3.63, 3.8) is 0 Å². The van der Waals surface area contributed by atoms with Crippen LogP contribution < -0.4 is 11.1 Å². The summed E-state index contributed by atoms with van der Waals surface area (Å²) in [7, 11) is 1.58. The van der Waals surface area contributed by atoms with E-state index in [0.29, 0.717) is 34.8 Å². The minimum atomic E-state index is -0.266. The van der Waals surface area contributed by atoms with Crippen molar-refractivity contribution in [3.8, 4) is 0 Å². The molecule has 0 aromatic carbocycles. The molecule has 7 heteroatoms. The van der Waals surface area contributed by atoms with Gasteiger partial charge in [-0.15, -0.1) is 0 Å². The molecule has 0 bridgehead atoms. The standard InChI is InChI=1S/C16H17N3O4/c1-23-9-7-19-5-3-13-14(16(19)22)11-2-4-18(6-8-20)15(21)12(11)10-17-13/h2-5,10,20H,6-9H2,1H3. The molecule has 0 unspecified atom stereocenters. The van der Waals surface area contributed by atoms with Crippen LogP contribution in [0.25, 0.3) is 21.7 Å². The topological polar surface area (TPSA) is 86.3 Å². The average molecular weight is 315 g/mol. The second-order valence-corrected chi connectivity index (χ2v) is 5.19. The molecule has 1 N–H and O–H groups in total. The summed E-state index contributed by atoms with van der Waals surface area (Å²) in [6.45, 7) is 0.937. The Labute approximate surface area is 131 Å². The van der Waals surface area contributed by atoms with Crippen molar-refractivity contribution in [2.75, 3.05) is 20.3 Å². The first kappa shape index (κ1) is 15.4. The van der Waals surface area contributed by atoms with Crippen molar-refractivity contribution in [1.29, 1.82) is 0 Å². The third kappa shape index (κ3) is 2.64. The van der Waals surface area contributed by atoms with Gasteiger partial charge >= 0.3 is 0 Å². The molecule has 0 spiro atoms. The molecule has 0 saturated heterocycles. The van der Waals surface area contributed by atoms with Crippen molar-refractivity contribution < 1.29 is 9.84 Å². The van der Waals surface area contributed by atoms with E-state index in [2.05, 4.69) is 4.98 Å². The summed E-state index contributed by atoms with van der Waals surface area (Å²) in [5.41, 5.74) is 0.0880. The molecule has 0 saturated carbocycles. The van der Waals surface area contributed by atoms with Crippen LogP contribution in [-0.4, -0.2) is 39.5 Å². The number of pyridine rings is 3. The molecular weight excluding hydrogens is 298 g/mol. The van der Waals surface area contributed by atoms with E-state index < -0.39 is 0 Å². The second kappa shape index (κ2) is 6.31. The van der Waals surface area contributed by atoms with Gasteiger partial charge in [-0.05, 0) is 12.1 Å². The van der Waals surface area contributed by atoms with Crippen molar-refractivity contribution in [2.45, 2.75) is 13.1 Å². The predicted octanol–water partition coefficient (Wildman–Crippen LogP) is 0.350. The van der Waals surface area contributed by atoms with Crippen molar-refractivity contribution >= 4 is 21.7 Å². The highest BCUT2D eigenvalue weighted by Crippen LogP contribution is 2.17. The molecule has 0 aliphatic rings. The van der Waals surface area contributed by atoms with Gasteiger partial charge in [0.25, 0.3) is 11.1 Å². The maximum absolute atomic E-state index is 12.7. The number of nitrogens with zero attached hydrogens (tertiary/aromatic N) is 3. The molecule has 3 heterocycles. The fourth-order valence-corrected chi connectivity index (χ4v) is 2.64. The Morgan fingerprint density at radius 2 is 1.83 bits per heavy atom. The van der Waals surface area contributed by atoms with E-state index in [1.54, 1.807) is 36.2 Å². The minimum Gasteiger partial charge on any atom is -0.395 e. The zero-order valence-corrected chi connectivity index (χ0v) is 12.7. The van der Waals surface area contributed by atoms with Gasteiger partial charge in [0.05, 0.1) is 29.5 Å². The number of fused-ring (bicyclic) bond motifs is 3. The first-order valence-electron chi connectivity index (χ1n) is 7.28. The molecule has 3 rings (SSSR count). The zero-order valence-electron chi connectivity index (χ0n) is 12.7. The lowest BCUT2D eigenvalue weighted by molar-refractivity contribution is 0.186. The molecule has 7 nitrogen and oxygen atoms in total. The number of rotatable bonds is 5. The average Bonchev–Trinajstić information content (AvgIpc) is 2.56. The van der Waals surface area contributed by atoms with Crippen molar-refractivity contribution in [3.05, 3.63) is 51.4 Å². The first-order chi connectivity index (χ1) is 11.2. The highest BCUT2D eigenvalue weighted by Gasteiger charge is 2.11. The Kier molecular flexibility index (Phi) is 4.22. The van der Waals surface area contributed by atoms with E-state index in [1.165, 1.54) is 10.8 Å². The minimum absolute atomic E-state index is 0.129. The van der Waals surface area contributed by atoms with Gasteiger partial charge in [-0.3, -0.25) is 14.6 Å². The first-order valence-corrected chi connectivity index (χ1v) is 7.28. The highest BCUT2D eigenvalue weighted by atomic mass is 16.5. The lowest BCUT2D eigenvalue weighted by Gasteiger charge is -2.09. The Morgan fingerprint density at radius 3 is 2.57 bits per heavy atom. The summed E-state index contributed by atoms with van der Waals surface area (Å²) < 4.78 is 7.96. The summed E-state index contributed by atoms with van der Waals surface area (Å²) in [6.07, 6.45) is 4.74. The number of ether oxygens (including phenoxy) is 1. The molecule has 23 heavy (non-hydrogen) atoms. The summed E-state index contributed by atoms with van der Waals surface area (Å²) in [4.78, 5) is 29.3. The number of aromatic nitrogens is 3. The van der Waals surface area contributed by atoms with Gasteiger partial charge in [0.2, 0.25) is 0 Å². The molecular formula is C16H17N3O4. The van der Waals surface area contributed by atoms with Crippen LogP contribution in [0.5, 0.6) is 0 Å². The third-order valence-corrected chi connectivity index (χ3v) is 3.83. The Bertz CT molecular complexity index is 975. The summed E-state index contributed by atoms with van der Waals surface area (Å²) in [5, 5.41) is 10.4. The Morgan fingerprint density at radius 1 is 1.09 bits per heavy atom. The van der Waals surface area contributed by atoms with Crippen LogP contribution in [-0.2, 0) is 17.8 Å². The van der Waals surface area contributed by atoms with Gasteiger partial charge in [0.15, 0.2) is 0 Å². The van der Waals surface area contributed by atoms with Gasteiger partial charge in [-0.2, -0.15) is 0 Å². The van der Waals surface area contributed by atoms with Crippen LogP contribution in [0.1, 0.15) is 0 Å². The number of hydrogen-bond donors (Lipinski definition) is 1. The van der Waals surface area contributed by atoms with Crippen LogP contribution in [0.15, 0.2) is 40.3 Å². The fraction of sp³-hybridized carbons (Fsp3) is 0.312. The number of aliphatic hydroxyl groups is 1. The molecule has 0 fully saturated rings. The normalized spacial score (nSPS) is 11.4. The van der Waals surface area contributed by atoms with Crippen LogP contribution >= 0.6 is 0 Å². The molecule has 3 aromatic heterocycles. The van der Waals surface area contributed by atoms with E-state index in [1.807, 2.05) is 0 Å². The molecule has 0 aliphatic heterocycles. The maximum atomic E-state index is 12.7. The fourth-order valence-electron chi connectivity index (χ4n) is 2.64. The van der Waals surface area contributed by atoms with Crippen LogP contribution in [0.3, 0.4) is 0 Å². The lowest BCUT2D eigenvalue weighted by atomic mass is 10.1. The predicted molar refractivity (Wildman–Crippen MR) is 86.7 cm³/mol. The molecule has 0 atom stereocenters. The molecule has 0 amide bonds. The van der Waals surface area contributed by atoms with Gasteiger partial charge in [0.1, 0.15) is 0 Å². The third-order valence-electron chi connectivity index (χ3n) is 3.83. The molecule has 0 radical (unpaired) electrons. The number of hydrogen-bond acceptors (Lipinski definition) is 5. The summed E-state index contributed by atoms with van der Waals surface area (Å²) in [5.74, 6) is 0. The van der Waals surface area contributed by atoms with Gasteiger partial charge in [-0.25, -0.2) is 0 Å². The molecule has 0 aliphatic carbocycles. The smallest absolute Gasteiger partial charge is 0.260 e. The highest BCUT2D eigenvalue weighted by molar-refractivity contribution is 6.04. The lowest BCUT2D eigenvalue weighted by Crippen LogP contribution is -2.24. The van der Waals surface area contributed by atoms with Gasteiger partial charge in [-0.1, -0.05) is 0 Å². The number of aliphatic hydroxyl groups excluding tert-OH is 1. The SMILES string of the molecule is COCCn1ccc2ncc3c(=O)n(CCO)ccc3c2c1=O. The van der Waals surface area contributed by atoms with Crippen LogP contribution in [0, 0.1) is 0 Å². The van der Waals surface area contributed by atoms with Crippen LogP contribution in [0.2, 0.25) is 0 Å². The van der Waals surface area contributed by atoms with Gasteiger partial charge in [0, 0.05) is 44.2 Å². The van der Waals surface area contributed by atoms with Crippen molar-refractivity contribution in [1.82, 2.24) is 14.1 Å². The van der Waals surface area contributed by atoms with E-state index in [-0.39, 0.29) is 24.3 Å². The number of methoxy groups -OCH3 is 1. The molecule has 120 valence electrons. The summed E-state index contributed by atoms with van der Waals surface area (Å²) >= 11 is 0. The maximum Gasteiger partial charge on any atom is 0.260 e. The van der Waals surface area contributed by atoms with Gasteiger partial charge < -0.3 is 19.0 Å². The Balaban J connectivity index is 2.31. The second-order valence-electron chi connectivity index (χ2n) is 5.19. The quantitative estimate of drug-likeness (QED) is 0.687. The zero-order chi connectivity index (χ0) is 16.4. The Hall–Kier alpha value is -2.51. The van der Waals surface area contributed by atoms with Crippen molar-refractivity contribution in [2.24, 2.45) is 0 Å². The monoisotopic (exact) mass is 315 g/mol. The van der Waals surface area contributed by atoms with E-state index in [4.69, 9.17) is 9.84 Å². The van der Waals surface area contributed by atoms with E-state index in [0.717, 1.165) is 0 Å². The van der Waals surface area contributed by atoms with E-state index in [9.17, 15) is 9.59 Å². The van der Waals surface area contributed by atoms with Crippen LogP contribution in [0.4, 0.5) is 0 Å². The van der Waals surface area contributed by atoms with E-state index >= 15 is 0 Å². The largest absolute Gasteiger partial charge is 0.395 e. The molecule has 3 aromatic rings.